The van der Waals surface area contributed by atoms with E-state index in [9.17, 15) is 9.18 Å². The third-order valence-corrected chi connectivity index (χ3v) is 5.99. The summed E-state index contributed by atoms with van der Waals surface area (Å²) in [6.07, 6.45) is 7.36. The number of aromatic nitrogens is 1. The Morgan fingerprint density at radius 1 is 1.44 bits per heavy atom. The molecular formula is C23H23FN4O3S. The number of ether oxygens (including phenoxy) is 2. The molecule has 166 valence electrons. The SMILES string of the molecule is C#Cc1cc(F)ccc1[C@H]1N=C(c2nccs2)NC(CN2CCOCC2)=C1C(=O)OCC. The largest absolute Gasteiger partial charge is 0.463 e. The van der Waals surface area contributed by atoms with E-state index in [1.54, 1.807) is 19.2 Å². The average Bonchev–Trinajstić information content (AvgIpc) is 3.34. The van der Waals surface area contributed by atoms with Gasteiger partial charge < -0.3 is 14.8 Å². The number of thiazole rings is 1. The van der Waals surface area contributed by atoms with E-state index in [2.05, 4.69) is 21.1 Å². The average molecular weight is 455 g/mol. The van der Waals surface area contributed by atoms with Gasteiger partial charge in [-0.05, 0) is 24.6 Å². The summed E-state index contributed by atoms with van der Waals surface area (Å²) in [7, 11) is 0. The molecule has 4 rings (SSSR count). The van der Waals surface area contributed by atoms with Crippen molar-refractivity contribution in [1.29, 1.82) is 0 Å². The molecule has 2 aliphatic heterocycles. The van der Waals surface area contributed by atoms with Gasteiger partial charge in [-0.25, -0.2) is 14.2 Å². The van der Waals surface area contributed by atoms with Crippen LogP contribution in [0.1, 0.15) is 29.1 Å². The van der Waals surface area contributed by atoms with Gasteiger partial charge in [0.2, 0.25) is 0 Å². The number of terminal acetylenes is 1. The first-order valence-electron chi connectivity index (χ1n) is 10.3. The lowest BCUT2D eigenvalue weighted by Crippen LogP contribution is -2.43. The van der Waals surface area contributed by atoms with Crippen molar-refractivity contribution in [1.82, 2.24) is 15.2 Å². The molecule has 1 saturated heterocycles. The minimum Gasteiger partial charge on any atom is -0.463 e. The first kappa shape index (κ1) is 22.1. The molecule has 1 aromatic carbocycles. The molecule has 0 aliphatic carbocycles. The van der Waals surface area contributed by atoms with Gasteiger partial charge in [-0.1, -0.05) is 12.0 Å². The summed E-state index contributed by atoms with van der Waals surface area (Å²) in [4.78, 5) is 24.5. The number of hydrogen-bond acceptors (Lipinski definition) is 8. The number of carbonyl (C=O) groups excluding carboxylic acids is 1. The number of nitrogens with zero attached hydrogens (tertiary/aromatic N) is 3. The zero-order chi connectivity index (χ0) is 22.5. The van der Waals surface area contributed by atoms with Gasteiger partial charge in [0.05, 0.1) is 25.4 Å². The molecule has 0 spiro atoms. The highest BCUT2D eigenvalue weighted by Crippen LogP contribution is 2.35. The van der Waals surface area contributed by atoms with Crippen molar-refractivity contribution in [3.05, 3.63) is 63.0 Å². The van der Waals surface area contributed by atoms with Gasteiger partial charge in [0, 0.05) is 42.5 Å². The van der Waals surface area contributed by atoms with Crippen molar-refractivity contribution in [2.24, 2.45) is 4.99 Å². The maximum absolute atomic E-state index is 13.9. The monoisotopic (exact) mass is 454 g/mol. The zero-order valence-electron chi connectivity index (χ0n) is 17.6. The molecule has 1 aromatic heterocycles. The van der Waals surface area contributed by atoms with Crippen LogP contribution in [0.25, 0.3) is 0 Å². The van der Waals surface area contributed by atoms with Gasteiger partial charge in [0.1, 0.15) is 11.9 Å². The lowest BCUT2D eigenvalue weighted by Gasteiger charge is -2.32. The van der Waals surface area contributed by atoms with Crippen LogP contribution < -0.4 is 5.32 Å². The van der Waals surface area contributed by atoms with Crippen molar-refractivity contribution < 1.29 is 18.7 Å². The molecule has 7 nitrogen and oxygen atoms in total. The molecule has 1 atom stereocenters. The lowest BCUT2D eigenvalue weighted by molar-refractivity contribution is -0.139. The summed E-state index contributed by atoms with van der Waals surface area (Å²) in [5.41, 5.74) is 1.93. The maximum atomic E-state index is 13.9. The summed E-state index contributed by atoms with van der Waals surface area (Å²) in [6, 6.07) is 3.42. The Balaban J connectivity index is 1.84. The molecular weight excluding hydrogens is 431 g/mol. The van der Waals surface area contributed by atoms with Gasteiger partial charge in [0.15, 0.2) is 10.8 Å². The Morgan fingerprint density at radius 2 is 2.25 bits per heavy atom. The van der Waals surface area contributed by atoms with Crippen molar-refractivity contribution in [2.75, 3.05) is 39.5 Å². The van der Waals surface area contributed by atoms with E-state index >= 15 is 0 Å². The highest BCUT2D eigenvalue weighted by atomic mass is 32.1. The van der Waals surface area contributed by atoms with Crippen LogP contribution in [0.4, 0.5) is 4.39 Å². The number of benzene rings is 1. The van der Waals surface area contributed by atoms with Gasteiger partial charge in [-0.3, -0.25) is 9.89 Å². The van der Waals surface area contributed by atoms with Crippen LogP contribution in [0.5, 0.6) is 0 Å². The molecule has 0 saturated carbocycles. The highest BCUT2D eigenvalue weighted by Gasteiger charge is 2.34. The van der Waals surface area contributed by atoms with E-state index in [0.717, 1.165) is 13.1 Å². The molecule has 1 fully saturated rings. The molecule has 3 heterocycles. The van der Waals surface area contributed by atoms with E-state index in [-0.39, 0.29) is 6.61 Å². The summed E-state index contributed by atoms with van der Waals surface area (Å²) in [6.45, 7) is 5.17. The molecule has 2 aromatic rings. The van der Waals surface area contributed by atoms with Gasteiger partial charge in [0.25, 0.3) is 0 Å². The number of esters is 1. The number of nitrogens with one attached hydrogen (secondary N) is 1. The van der Waals surface area contributed by atoms with Crippen molar-refractivity contribution in [2.45, 2.75) is 13.0 Å². The lowest BCUT2D eigenvalue weighted by atomic mass is 9.92. The van der Waals surface area contributed by atoms with E-state index in [1.807, 2.05) is 5.38 Å². The van der Waals surface area contributed by atoms with Crippen LogP contribution in [-0.2, 0) is 14.3 Å². The van der Waals surface area contributed by atoms with Crippen molar-refractivity contribution >= 4 is 23.1 Å². The third kappa shape index (κ3) is 4.72. The smallest absolute Gasteiger partial charge is 0.338 e. The second-order valence-corrected chi connectivity index (χ2v) is 8.11. The molecule has 0 unspecified atom stereocenters. The number of carbonyl (C=O) groups is 1. The minimum absolute atomic E-state index is 0.217. The number of aliphatic imine (C=N–C) groups is 1. The van der Waals surface area contributed by atoms with E-state index in [1.165, 1.54) is 23.5 Å². The number of hydrogen-bond donors (Lipinski definition) is 1. The molecule has 9 heteroatoms. The molecule has 0 radical (unpaired) electrons. The number of halogens is 1. The Morgan fingerprint density at radius 3 is 2.94 bits per heavy atom. The summed E-state index contributed by atoms with van der Waals surface area (Å²) < 4.78 is 24.7. The summed E-state index contributed by atoms with van der Waals surface area (Å²) >= 11 is 1.43. The standard InChI is InChI=1S/C23H23FN4O3S/c1-3-15-13-16(24)5-6-17(15)20-19(23(29)31-4-2)18(14-28-8-10-30-11-9-28)26-21(27-20)22-25-7-12-32-22/h1,5-7,12-13,20H,4,8-11,14H2,2H3,(H,26,27)/t20-/m1/s1. The van der Waals surface area contributed by atoms with Gasteiger partial charge in [-0.15, -0.1) is 17.8 Å². The second-order valence-electron chi connectivity index (χ2n) is 7.22. The molecule has 0 amide bonds. The zero-order valence-corrected chi connectivity index (χ0v) is 18.5. The maximum Gasteiger partial charge on any atom is 0.338 e. The third-order valence-electron chi connectivity index (χ3n) is 5.21. The number of morpholine rings is 1. The van der Waals surface area contributed by atoms with Crippen LogP contribution in [0.2, 0.25) is 0 Å². The first-order chi connectivity index (χ1) is 15.6. The summed E-state index contributed by atoms with van der Waals surface area (Å²) in [5.74, 6) is 2.13. The van der Waals surface area contributed by atoms with E-state index in [4.69, 9.17) is 20.9 Å². The number of amidine groups is 1. The molecule has 32 heavy (non-hydrogen) atoms. The fraction of sp³-hybridized carbons (Fsp3) is 0.348. The summed E-state index contributed by atoms with van der Waals surface area (Å²) in [5, 5.41) is 5.84. The van der Waals surface area contributed by atoms with Gasteiger partial charge >= 0.3 is 5.97 Å². The Bertz CT molecular complexity index is 1090. The predicted molar refractivity (Wildman–Crippen MR) is 120 cm³/mol. The molecule has 2 aliphatic rings. The molecule has 0 bridgehead atoms. The van der Waals surface area contributed by atoms with Crippen LogP contribution >= 0.6 is 11.3 Å². The Labute approximate surface area is 190 Å². The quantitative estimate of drug-likeness (QED) is 0.534. The normalized spacial score (nSPS) is 19.2. The van der Waals surface area contributed by atoms with E-state index in [0.29, 0.717) is 53.0 Å². The first-order valence-corrected chi connectivity index (χ1v) is 11.2. The number of rotatable bonds is 6. The predicted octanol–water partition coefficient (Wildman–Crippen LogP) is 2.50. The van der Waals surface area contributed by atoms with Crippen LogP contribution in [0, 0.1) is 18.2 Å². The van der Waals surface area contributed by atoms with Crippen molar-refractivity contribution in [3.63, 3.8) is 0 Å². The topological polar surface area (TPSA) is 76.0 Å². The fourth-order valence-electron chi connectivity index (χ4n) is 3.72. The highest BCUT2D eigenvalue weighted by molar-refractivity contribution is 7.11. The van der Waals surface area contributed by atoms with Crippen LogP contribution in [0.3, 0.4) is 0 Å². The van der Waals surface area contributed by atoms with Crippen molar-refractivity contribution in [3.8, 4) is 12.3 Å². The fourth-order valence-corrected chi connectivity index (χ4v) is 4.31. The van der Waals surface area contributed by atoms with E-state index < -0.39 is 17.8 Å². The molecule has 1 N–H and O–H groups in total. The second kappa shape index (κ2) is 10.0. The van der Waals surface area contributed by atoms with Gasteiger partial charge in [-0.2, -0.15) is 0 Å². The minimum atomic E-state index is -0.753. The Hall–Kier alpha value is -3.06. The van der Waals surface area contributed by atoms with Crippen LogP contribution in [-0.4, -0.2) is 61.1 Å². The Kier molecular flexibility index (Phi) is 6.95. The van der Waals surface area contributed by atoms with Crippen LogP contribution in [0.15, 0.2) is 46.0 Å².